The molecule has 1 saturated heterocycles. The lowest BCUT2D eigenvalue weighted by atomic mass is 10.2. The van der Waals surface area contributed by atoms with Gasteiger partial charge in [0.2, 0.25) is 0 Å². The Balaban J connectivity index is 2.30. The maximum Gasteiger partial charge on any atom is 0.412 e. The maximum absolute atomic E-state index is 12.4. The molecule has 1 fully saturated rings. The van der Waals surface area contributed by atoms with Crippen molar-refractivity contribution in [3.05, 3.63) is 34.9 Å². The van der Waals surface area contributed by atoms with E-state index in [4.69, 9.17) is 16.3 Å². The van der Waals surface area contributed by atoms with E-state index in [0.717, 1.165) is 5.56 Å². The van der Waals surface area contributed by atoms with Gasteiger partial charge in [0.25, 0.3) is 0 Å². The Bertz CT molecular complexity index is 570. The molecule has 0 bridgehead atoms. The lowest BCUT2D eigenvalue weighted by Crippen LogP contribution is -2.50. The number of hydrogen-bond acceptors (Lipinski definition) is 5. The first kappa shape index (κ1) is 17.0. The van der Waals surface area contributed by atoms with Gasteiger partial charge in [-0.3, -0.25) is 4.90 Å². The molecule has 1 heterocycles. The molecule has 0 N–H and O–H groups in total. The van der Waals surface area contributed by atoms with E-state index in [-0.39, 0.29) is 5.75 Å². The molecule has 0 aromatic heterocycles. The van der Waals surface area contributed by atoms with Crippen molar-refractivity contribution in [3.63, 3.8) is 0 Å². The van der Waals surface area contributed by atoms with Crippen molar-refractivity contribution in [2.75, 3.05) is 5.75 Å². The van der Waals surface area contributed by atoms with Crippen LogP contribution in [0.2, 0.25) is 5.02 Å². The quantitative estimate of drug-likeness (QED) is 0.825. The van der Waals surface area contributed by atoms with Gasteiger partial charge in [0.15, 0.2) is 0 Å². The van der Waals surface area contributed by atoms with Gasteiger partial charge in [-0.25, -0.2) is 4.79 Å². The molecular formula is C15H17ClNO4S-. The van der Waals surface area contributed by atoms with Crippen LogP contribution in [-0.2, 0) is 9.53 Å². The predicted octanol–water partition coefficient (Wildman–Crippen LogP) is 2.44. The first-order chi connectivity index (χ1) is 10.2. The second kappa shape index (κ2) is 6.38. The molecule has 1 aromatic rings. The Morgan fingerprint density at radius 3 is 2.41 bits per heavy atom. The highest BCUT2D eigenvalue weighted by Gasteiger charge is 2.41. The second-order valence-electron chi connectivity index (χ2n) is 5.96. The van der Waals surface area contributed by atoms with Crippen LogP contribution in [0.4, 0.5) is 4.79 Å². The van der Waals surface area contributed by atoms with E-state index in [1.54, 1.807) is 45.0 Å². The Kier molecular flexibility index (Phi) is 4.92. The Hall–Kier alpha value is -1.40. The topological polar surface area (TPSA) is 69.7 Å². The molecule has 0 aliphatic carbocycles. The predicted molar refractivity (Wildman–Crippen MR) is 83.5 cm³/mol. The van der Waals surface area contributed by atoms with Crippen molar-refractivity contribution in [2.24, 2.45) is 0 Å². The maximum atomic E-state index is 12.4. The molecule has 1 aromatic carbocycles. The van der Waals surface area contributed by atoms with Crippen LogP contribution in [0.25, 0.3) is 0 Å². The summed E-state index contributed by atoms with van der Waals surface area (Å²) in [4.78, 5) is 24.9. The molecule has 120 valence electrons. The highest BCUT2D eigenvalue weighted by atomic mass is 35.5. The molecule has 0 radical (unpaired) electrons. The fourth-order valence-corrected chi connectivity index (χ4v) is 3.64. The summed E-state index contributed by atoms with van der Waals surface area (Å²) in [5.41, 5.74) is 0.0924. The van der Waals surface area contributed by atoms with Crippen molar-refractivity contribution >= 4 is 35.4 Å². The summed E-state index contributed by atoms with van der Waals surface area (Å²) < 4.78 is 5.33. The summed E-state index contributed by atoms with van der Waals surface area (Å²) in [5.74, 6) is -1.02. The number of aliphatic carboxylic acids is 1. The van der Waals surface area contributed by atoms with Crippen LogP contribution in [0.15, 0.2) is 24.3 Å². The summed E-state index contributed by atoms with van der Waals surface area (Å²) in [7, 11) is 0. The minimum atomic E-state index is -1.28. The third-order valence-corrected chi connectivity index (χ3v) is 4.61. The van der Waals surface area contributed by atoms with Crippen molar-refractivity contribution in [2.45, 2.75) is 37.8 Å². The molecular weight excluding hydrogens is 326 g/mol. The van der Waals surface area contributed by atoms with Crippen molar-refractivity contribution in [1.82, 2.24) is 4.90 Å². The Morgan fingerprint density at radius 2 is 1.91 bits per heavy atom. The molecule has 2 atom stereocenters. The highest BCUT2D eigenvalue weighted by Crippen LogP contribution is 2.42. The molecule has 0 unspecified atom stereocenters. The van der Waals surface area contributed by atoms with E-state index in [9.17, 15) is 14.7 Å². The van der Waals surface area contributed by atoms with Crippen molar-refractivity contribution in [1.29, 1.82) is 0 Å². The summed E-state index contributed by atoms with van der Waals surface area (Å²) in [5, 5.41) is 11.5. The third kappa shape index (κ3) is 3.87. The Morgan fingerprint density at radius 1 is 1.32 bits per heavy atom. The number of carbonyl (C=O) groups excluding carboxylic acids is 2. The minimum absolute atomic E-state index is 0.259. The molecule has 2 rings (SSSR count). The van der Waals surface area contributed by atoms with Gasteiger partial charge in [0, 0.05) is 10.8 Å². The number of nitrogens with zero attached hydrogens (tertiary/aromatic N) is 1. The zero-order chi connectivity index (χ0) is 16.5. The number of carboxylic acid groups (broad SMARTS) is 1. The standard InChI is InChI=1S/C15H18ClNO4S/c1-15(2,3)21-14(20)17-11(13(18)19)8-22-12(17)9-4-6-10(16)7-5-9/h4-7,11-12H,8H2,1-3H3,(H,18,19)/p-1/t11-,12+/m0/s1. The van der Waals surface area contributed by atoms with Gasteiger partial charge in [0.05, 0.1) is 12.0 Å². The van der Waals surface area contributed by atoms with E-state index >= 15 is 0 Å². The average molecular weight is 343 g/mol. The van der Waals surface area contributed by atoms with Crippen LogP contribution >= 0.6 is 23.4 Å². The molecule has 1 aliphatic heterocycles. The summed E-state index contributed by atoms with van der Waals surface area (Å²) in [6.07, 6.45) is -0.661. The molecule has 1 amide bonds. The number of amides is 1. The van der Waals surface area contributed by atoms with Crippen LogP contribution in [0, 0.1) is 0 Å². The zero-order valence-corrected chi connectivity index (χ0v) is 14.1. The number of benzene rings is 1. The fourth-order valence-electron chi connectivity index (χ4n) is 2.11. The number of hydrogen-bond donors (Lipinski definition) is 0. The molecule has 1 aliphatic rings. The van der Waals surface area contributed by atoms with Gasteiger partial charge in [0.1, 0.15) is 11.0 Å². The first-order valence-corrected chi connectivity index (χ1v) is 8.21. The van der Waals surface area contributed by atoms with E-state index < -0.39 is 29.1 Å². The van der Waals surface area contributed by atoms with Crippen LogP contribution in [0.3, 0.4) is 0 Å². The van der Waals surface area contributed by atoms with Gasteiger partial charge in [-0.2, -0.15) is 0 Å². The molecule has 0 spiro atoms. The second-order valence-corrected chi connectivity index (χ2v) is 7.51. The van der Waals surface area contributed by atoms with Gasteiger partial charge < -0.3 is 14.6 Å². The largest absolute Gasteiger partial charge is 0.548 e. The minimum Gasteiger partial charge on any atom is -0.548 e. The van der Waals surface area contributed by atoms with Crippen molar-refractivity contribution < 1.29 is 19.4 Å². The molecule has 22 heavy (non-hydrogen) atoms. The van der Waals surface area contributed by atoms with Gasteiger partial charge >= 0.3 is 6.09 Å². The summed E-state index contributed by atoms with van der Waals surface area (Å²) >= 11 is 7.23. The number of carboxylic acids is 1. The lowest BCUT2D eigenvalue weighted by molar-refractivity contribution is -0.310. The van der Waals surface area contributed by atoms with E-state index in [1.807, 2.05) is 0 Å². The van der Waals surface area contributed by atoms with E-state index in [2.05, 4.69) is 0 Å². The van der Waals surface area contributed by atoms with Crippen LogP contribution in [-0.4, -0.2) is 34.4 Å². The fraction of sp³-hybridized carbons (Fsp3) is 0.467. The van der Waals surface area contributed by atoms with Gasteiger partial charge in [-0.05, 0) is 38.5 Å². The lowest BCUT2D eigenvalue weighted by Gasteiger charge is -2.32. The zero-order valence-electron chi connectivity index (χ0n) is 12.5. The Labute approximate surface area is 138 Å². The molecule has 0 saturated carbocycles. The summed E-state index contributed by atoms with van der Waals surface area (Å²) in [6.45, 7) is 5.21. The van der Waals surface area contributed by atoms with Gasteiger partial charge in [-0.1, -0.05) is 23.7 Å². The first-order valence-electron chi connectivity index (χ1n) is 6.78. The van der Waals surface area contributed by atoms with Crippen LogP contribution < -0.4 is 5.11 Å². The molecule has 5 nitrogen and oxygen atoms in total. The van der Waals surface area contributed by atoms with E-state index in [1.165, 1.54) is 16.7 Å². The number of halogens is 1. The van der Waals surface area contributed by atoms with E-state index in [0.29, 0.717) is 5.02 Å². The van der Waals surface area contributed by atoms with Crippen LogP contribution in [0.1, 0.15) is 31.7 Å². The smallest absolute Gasteiger partial charge is 0.412 e. The van der Waals surface area contributed by atoms with Crippen LogP contribution in [0.5, 0.6) is 0 Å². The third-order valence-electron chi connectivity index (χ3n) is 3.03. The highest BCUT2D eigenvalue weighted by molar-refractivity contribution is 7.99. The molecule has 7 heteroatoms. The summed E-state index contributed by atoms with van der Waals surface area (Å²) in [6, 6.07) is 5.94. The number of ether oxygens (including phenoxy) is 1. The number of carbonyl (C=O) groups is 2. The average Bonchev–Trinajstić information content (AvgIpc) is 2.82. The number of rotatable bonds is 2. The van der Waals surface area contributed by atoms with Gasteiger partial charge in [-0.15, -0.1) is 11.8 Å². The number of thioether (sulfide) groups is 1. The normalized spacial score (nSPS) is 21.7. The SMILES string of the molecule is CC(C)(C)OC(=O)N1[C@@H](c2ccc(Cl)cc2)SC[C@H]1C(=O)[O-]. The van der Waals surface area contributed by atoms with Crippen molar-refractivity contribution in [3.8, 4) is 0 Å². The monoisotopic (exact) mass is 342 g/mol.